The van der Waals surface area contributed by atoms with Gasteiger partial charge in [-0.2, -0.15) is 0 Å². The molecule has 2 N–H and O–H groups in total. The van der Waals surface area contributed by atoms with Crippen LogP contribution in [0.4, 0.5) is 0 Å². The van der Waals surface area contributed by atoms with Crippen molar-refractivity contribution in [2.75, 3.05) is 26.3 Å². The summed E-state index contributed by atoms with van der Waals surface area (Å²) in [5.41, 5.74) is 3.96. The number of hydrazine groups is 1. The van der Waals surface area contributed by atoms with Crippen molar-refractivity contribution in [2.24, 2.45) is 0 Å². The van der Waals surface area contributed by atoms with Crippen molar-refractivity contribution in [1.29, 1.82) is 0 Å². The van der Waals surface area contributed by atoms with E-state index in [-0.39, 0.29) is 11.6 Å². The predicted molar refractivity (Wildman–Crippen MR) is 93.2 cm³/mol. The van der Waals surface area contributed by atoms with Gasteiger partial charge in [0.25, 0.3) is 11.8 Å². The molecule has 8 heteroatoms. The van der Waals surface area contributed by atoms with Gasteiger partial charge < -0.3 is 14.6 Å². The molecule has 1 aromatic heterocycles. The molecule has 1 aromatic carbocycles. The predicted octanol–water partition coefficient (Wildman–Crippen LogP) is 0.688. The third-order valence-electron chi connectivity index (χ3n) is 4.04. The fraction of sp³-hybridized carbons (Fsp3) is 0.389. The molecule has 8 nitrogen and oxygen atoms in total. The number of hydrogen-bond donors (Lipinski definition) is 2. The highest BCUT2D eigenvalue weighted by Crippen LogP contribution is 2.07. The van der Waals surface area contributed by atoms with Gasteiger partial charge in [0, 0.05) is 25.6 Å². The van der Waals surface area contributed by atoms with Gasteiger partial charge in [0.2, 0.25) is 0 Å². The maximum Gasteiger partial charge on any atom is 0.274 e. The molecule has 1 atom stereocenters. The smallest absolute Gasteiger partial charge is 0.274 e. The van der Waals surface area contributed by atoms with Gasteiger partial charge in [-0.1, -0.05) is 35.5 Å². The van der Waals surface area contributed by atoms with E-state index in [1.807, 2.05) is 30.3 Å². The maximum atomic E-state index is 12.7. The SMILES string of the molecule is Cc1cc(C(=O)NC(Cc2ccccc2)C(=O)NN2CCOCC2)no1. The summed E-state index contributed by atoms with van der Waals surface area (Å²) in [5.74, 6) is -0.184. The molecular weight excluding hydrogens is 336 g/mol. The van der Waals surface area contributed by atoms with Gasteiger partial charge in [0.05, 0.1) is 13.2 Å². The van der Waals surface area contributed by atoms with Gasteiger partial charge in [-0.05, 0) is 12.5 Å². The van der Waals surface area contributed by atoms with Crippen LogP contribution < -0.4 is 10.7 Å². The van der Waals surface area contributed by atoms with Crippen molar-refractivity contribution in [1.82, 2.24) is 20.9 Å². The number of nitrogens with zero attached hydrogens (tertiary/aromatic N) is 2. The summed E-state index contributed by atoms with van der Waals surface area (Å²) in [6.45, 7) is 4.05. The number of rotatable bonds is 6. The van der Waals surface area contributed by atoms with E-state index in [1.165, 1.54) is 6.07 Å². The number of amides is 2. The third kappa shape index (κ3) is 4.90. The fourth-order valence-corrected chi connectivity index (χ4v) is 2.67. The molecule has 1 saturated heterocycles. The van der Waals surface area contributed by atoms with E-state index in [2.05, 4.69) is 15.9 Å². The zero-order chi connectivity index (χ0) is 18.4. The minimum atomic E-state index is -0.732. The molecule has 0 saturated carbocycles. The number of benzene rings is 1. The lowest BCUT2D eigenvalue weighted by molar-refractivity contribution is -0.129. The van der Waals surface area contributed by atoms with E-state index in [0.29, 0.717) is 38.5 Å². The molecule has 3 rings (SSSR count). The van der Waals surface area contributed by atoms with Crippen LogP contribution in [-0.2, 0) is 16.0 Å². The van der Waals surface area contributed by atoms with Gasteiger partial charge in [-0.15, -0.1) is 0 Å². The summed E-state index contributed by atoms with van der Waals surface area (Å²) in [6.07, 6.45) is 0.375. The largest absolute Gasteiger partial charge is 0.379 e. The lowest BCUT2D eigenvalue weighted by Gasteiger charge is -2.29. The topological polar surface area (TPSA) is 96.7 Å². The molecule has 1 unspecified atom stereocenters. The first-order valence-corrected chi connectivity index (χ1v) is 8.53. The van der Waals surface area contributed by atoms with E-state index in [4.69, 9.17) is 9.26 Å². The number of nitrogens with one attached hydrogen (secondary N) is 2. The lowest BCUT2D eigenvalue weighted by atomic mass is 10.1. The Hall–Kier alpha value is -2.71. The molecule has 0 spiro atoms. The van der Waals surface area contributed by atoms with Gasteiger partial charge in [-0.3, -0.25) is 15.0 Å². The Bertz CT molecular complexity index is 741. The van der Waals surface area contributed by atoms with E-state index in [1.54, 1.807) is 11.9 Å². The van der Waals surface area contributed by atoms with Crippen molar-refractivity contribution in [3.05, 3.63) is 53.4 Å². The minimum Gasteiger partial charge on any atom is -0.379 e. The monoisotopic (exact) mass is 358 g/mol. The summed E-state index contributed by atoms with van der Waals surface area (Å²) >= 11 is 0. The van der Waals surface area contributed by atoms with Crippen molar-refractivity contribution in [2.45, 2.75) is 19.4 Å². The Labute approximate surface area is 151 Å². The molecule has 0 aliphatic carbocycles. The summed E-state index contributed by atoms with van der Waals surface area (Å²) in [7, 11) is 0. The molecule has 0 radical (unpaired) electrons. The zero-order valence-electron chi connectivity index (χ0n) is 14.6. The third-order valence-corrected chi connectivity index (χ3v) is 4.04. The van der Waals surface area contributed by atoms with Crippen LogP contribution >= 0.6 is 0 Å². The molecule has 138 valence electrons. The average molecular weight is 358 g/mol. The molecule has 2 heterocycles. The van der Waals surface area contributed by atoms with Gasteiger partial charge in [0.15, 0.2) is 5.69 Å². The Kier molecular flexibility index (Phi) is 5.98. The molecule has 1 aliphatic rings. The summed E-state index contributed by atoms with van der Waals surface area (Å²) in [6, 6.07) is 10.3. The number of hydrogen-bond acceptors (Lipinski definition) is 6. The Balaban J connectivity index is 1.69. The second-order valence-electron chi connectivity index (χ2n) is 6.11. The summed E-state index contributed by atoms with van der Waals surface area (Å²) < 4.78 is 10.2. The van der Waals surface area contributed by atoms with Crippen LogP contribution in [0.2, 0.25) is 0 Å². The van der Waals surface area contributed by atoms with Crippen molar-refractivity contribution >= 4 is 11.8 Å². The molecule has 0 bridgehead atoms. The van der Waals surface area contributed by atoms with Gasteiger partial charge in [0.1, 0.15) is 11.8 Å². The van der Waals surface area contributed by atoms with Crippen LogP contribution in [0.15, 0.2) is 40.9 Å². The number of aromatic nitrogens is 1. The number of carbonyl (C=O) groups is 2. The number of carbonyl (C=O) groups excluding carboxylic acids is 2. The highest BCUT2D eigenvalue weighted by molar-refractivity contribution is 5.96. The highest BCUT2D eigenvalue weighted by Gasteiger charge is 2.25. The fourth-order valence-electron chi connectivity index (χ4n) is 2.67. The first-order valence-electron chi connectivity index (χ1n) is 8.53. The minimum absolute atomic E-state index is 0.153. The van der Waals surface area contributed by atoms with Crippen LogP contribution in [-0.4, -0.2) is 54.3 Å². The number of ether oxygens (including phenoxy) is 1. The summed E-state index contributed by atoms with van der Waals surface area (Å²) in [4.78, 5) is 25.1. The quantitative estimate of drug-likeness (QED) is 0.789. The van der Waals surface area contributed by atoms with Gasteiger partial charge in [-0.25, -0.2) is 5.01 Å². The first kappa shape index (κ1) is 18.1. The molecule has 2 aromatic rings. The molecular formula is C18H22N4O4. The first-order chi connectivity index (χ1) is 12.6. The molecule has 1 aliphatic heterocycles. The van der Waals surface area contributed by atoms with Crippen LogP contribution in [0, 0.1) is 6.92 Å². The Morgan fingerprint density at radius 1 is 1.23 bits per heavy atom. The Morgan fingerprint density at radius 2 is 1.96 bits per heavy atom. The Morgan fingerprint density at radius 3 is 2.62 bits per heavy atom. The summed E-state index contributed by atoms with van der Waals surface area (Å²) in [5, 5.41) is 8.26. The van der Waals surface area contributed by atoms with Crippen LogP contribution in [0.5, 0.6) is 0 Å². The second-order valence-corrected chi connectivity index (χ2v) is 6.11. The zero-order valence-corrected chi connectivity index (χ0v) is 14.6. The van der Waals surface area contributed by atoms with Crippen LogP contribution in [0.25, 0.3) is 0 Å². The van der Waals surface area contributed by atoms with E-state index >= 15 is 0 Å². The van der Waals surface area contributed by atoms with E-state index < -0.39 is 11.9 Å². The lowest BCUT2D eigenvalue weighted by Crippen LogP contribution is -2.55. The highest BCUT2D eigenvalue weighted by atomic mass is 16.5. The second kappa shape index (κ2) is 8.59. The average Bonchev–Trinajstić information content (AvgIpc) is 3.09. The normalized spacial score (nSPS) is 16.0. The molecule has 2 amide bonds. The maximum absolute atomic E-state index is 12.7. The van der Waals surface area contributed by atoms with Crippen molar-refractivity contribution < 1.29 is 18.8 Å². The number of aryl methyl sites for hydroxylation is 1. The van der Waals surface area contributed by atoms with Gasteiger partial charge >= 0.3 is 0 Å². The standard InChI is InChI=1S/C18H22N4O4/c1-13-11-16(21-26-13)17(23)19-15(12-14-5-3-2-4-6-14)18(24)20-22-7-9-25-10-8-22/h2-6,11,15H,7-10,12H2,1H3,(H,19,23)(H,20,24). The van der Waals surface area contributed by atoms with Crippen LogP contribution in [0.3, 0.4) is 0 Å². The molecule has 26 heavy (non-hydrogen) atoms. The molecule has 1 fully saturated rings. The van der Waals surface area contributed by atoms with E-state index in [0.717, 1.165) is 5.56 Å². The van der Waals surface area contributed by atoms with Crippen molar-refractivity contribution in [3.8, 4) is 0 Å². The van der Waals surface area contributed by atoms with Crippen molar-refractivity contribution in [3.63, 3.8) is 0 Å². The number of morpholine rings is 1. The van der Waals surface area contributed by atoms with E-state index in [9.17, 15) is 9.59 Å². The van der Waals surface area contributed by atoms with Crippen LogP contribution in [0.1, 0.15) is 21.8 Å².